The van der Waals surface area contributed by atoms with E-state index in [9.17, 15) is 0 Å². The summed E-state index contributed by atoms with van der Waals surface area (Å²) in [4.78, 5) is 0. The second kappa shape index (κ2) is 3.11. The smallest absolute Gasteiger partial charge is 0.0707 e. The van der Waals surface area contributed by atoms with Gasteiger partial charge in [-0.25, -0.2) is 0 Å². The molecule has 0 saturated carbocycles. The molecular weight excluding hydrogens is 184 g/mol. The minimum absolute atomic E-state index is 0.522. The first-order valence-corrected chi connectivity index (χ1v) is 5.08. The van der Waals surface area contributed by atoms with E-state index >= 15 is 0 Å². The predicted octanol–water partition coefficient (Wildman–Crippen LogP) is 2.71. The molecule has 3 rings (SSSR count). The van der Waals surface area contributed by atoms with Crippen molar-refractivity contribution in [1.29, 1.82) is 0 Å². The molecule has 0 bridgehead atoms. The van der Waals surface area contributed by atoms with Crippen molar-refractivity contribution in [2.24, 2.45) is 5.73 Å². The van der Waals surface area contributed by atoms with Crippen LogP contribution in [-0.2, 0) is 6.67 Å². The molecule has 0 aliphatic heterocycles. The summed E-state index contributed by atoms with van der Waals surface area (Å²) >= 11 is 0. The molecule has 0 amide bonds. The number of nitrogens with two attached hydrogens (primary N) is 1. The van der Waals surface area contributed by atoms with E-state index in [-0.39, 0.29) is 0 Å². The molecule has 2 aromatic carbocycles. The Morgan fingerprint density at radius 1 is 0.800 bits per heavy atom. The van der Waals surface area contributed by atoms with Gasteiger partial charge in [0.05, 0.1) is 17.7 Å². The molecule has 0 radical (unpaired) electrons. The Bertz CT molecular complexity index is 569. The van der Waals surface area contributed by atoms with Crippen LogP contribution >= 0.6 is 0 Å². The molecule has 3 aromatic rings. The van der Waals surface area contributed by atoms with Crippen LogP contribution in [0.1, 0.15) is 0 Å². The molecule has 0 atom stereocenters. The molecule has 0 fully saturated rings. The molecular formula is C13H12N2. The lowest BCUT2D eigenvalue weighted by Crippen LogP contribution is -2.05. The molecule has 0 saturated heterocycles. The van der Waals surface area contributed by atoms with Crippen molar-refractivity contribution >= 4 is 21.8 Å². The van der Waals surface area contributed by atoms with E-state index in [2.05, 4.69) is 41.0 Å². The molecule has 2 nitrogen and oxygen atoms in total. The summed E-state index contributed by atoms with van der Waals surface area (Å²) in [5.41, 5.74) is 8.21. The number of para-hydroxylation sites is 2. The van der Waals surface area contributed by atoms with Gasteiger partial charge in [-0.15, -0.1) is 0 Å². The lowest BCUT2D eigenvalue weighted by Gasteiger charge is -2.01. The third-order valence-corrected chi connectivity index (χ3v) is 2.86. The van der Waals surface area contributed by atoms with E-state index in [1.54, 1.807) is 0 Å². The topological polar surface area (TPSA) is 30.9 Å². The maximum atomic E-state index is 5.79. The largest absolute Gasteiger partial charge is 0.327 e. The molecule has 1 heterocycles. The van der Waals surface area contributed by atoms with Crippen molar-refractivity contribution in [3.63, 3.8) is 0 Å². The summed E-state index contributed by atoms with van der Waals surface area (Å²) in [7, 11) is 0. The highest BCUT2D eigenvalue weighted by atomic mass is 15.0. The minimum atomic E-state index is 0.522. The van der Waals surface area contributed by atoms with Gasteiger partial charge < -0.3 is 10.3 Å². The van der Waals surface area contributed by atoms with E-state index < -0.39 is 0 Å². The summed E-state index contributed by atoms with van der Waals surface area (Å²) < 4.78 is 2.14. The van der Waals surface area contributed by atoms with Crippen LogP contribution in [0, 0.1) is 0 Å². The Morgan fingerprint density at radius 2 is 1.27 bits per heavy atom. The zero-order chi connectivity index (χ0) is 10.3. The number of hydrogen-bond donors (Lipinski definition) is 1. The van der Waals surface area contributed by atoms with Gasteiger partial charge in [0.25, 0.3) is 0 Å². The molecule has 15 heavy (non-hydrogen) atoms. The standard InChI is InChI=1S/C13H12N2/c14-9-15-12-7-3-1-5-10(12)11-6-2-4-8-13(11)15/h1-8H,9,14H2. The Morgan fingerprint density at radius 3 is 1.73 bits per heavy atom. The predicted molar refractivity (Wildman–Crippen MR) is 63.6 cm³/mol. The zero-order valence-electron chi connectivity index (χ0n) is 8.35. The van der Waals surface area contributed by atoms with Crippen LogP contribution in [0.15, 0.2) is 48.5 Å². The van der Waals surface area contributed by atoms with Crippen molar-refractivity contribution in [3.8, 4) is 0 Å². The molecule has 2 heteroatoms. The zero-order valence-corrected chi connectivity index (χ0v) is 8.35. The van der Waals surface area contributed by atoms with Gasteiger partial charge in [-0.05, 0) is 12.1 Å². The van der Waals surface area contributed by atoms with E-state index in [1.807, 2.05) is 12.1 Å². The summed E-state index contributed by atoms with van der Waals surface area (Å²) in [6.07, 6.45) is 0. The number of hydrogen-bond acceptors (Lipinski definition) is 1. The lowest BCUT2D eigenvalue weighted by atomic mass is 10.2. The number of rotatable bonds is 1. The van der Waals surface area contributed by atoms with Crippen LogP contribution in [0.3, 0.4) is 0 Å². The monoisotopic (exact) mass is 196 g/mol. The molecule has 0 unspecified atom stereocenters. The fourth-order valence-corrected chi connectivity index (χ4v) is 2.20. The highest BCUT2D eigenvalue weighted by Gasteiger charge is 2.06. The normalized spacial score (nSPS) is 11.3. The van der Waals surface area contributed by atoms with Gasteiger partial charge >= 0.3 is 0 Å². The third-order valence-electron chi connectivity index (χ3n) is 2.86. The Balaban J connectivity index is 2.62. The summed E-state index contributed by atoms with van der Waals surface area (Å²) in [6.45, 7) is 0.522. The average Bonchev–Trinajstić information content (AvgIpc) is 2.63. The second-order valence-corrected chi connectivity index (χ2v) is 3.64. The molecule has 0 aliphatic carbocycles. The first kappa shape index (κ1) is 8.50. The van der Waals surface area contributed by atoms with Crippen molar-refractivity contribution in [2.75, 3.05) is 0 Å². The van der Waals surface area contributed by atoms with E-state index in [0.29, 0.717) is 6.67 Å². The van der Waals surface area contributed by atoms with Crippen LogP contribution in [0.25, 0.3) is 21.8 Å². The summed E-state index contributed by atoms with van der Waals surface area (Å²) in [5.74, 6) is 0. The SMILES string of the molecule is NCn1c2ccccc2c2ccccc21. The van der Waals surface area contributed by atoms with Gasteiger partial charge in [0, 0.05) is 10.8 Å². The fraction of sp³-hybridized carbons (Fsp3) is 0.0769. The molecule has 74 valence electrons. The second-order valence-electron chi connectivity index (χ2n) is 3.64. The maximum absolute atomic E-state index is 5.79. The molecule has 0 spiro atoms. The van der Waals surface area contributed by atoms with Crippen molar-refractivity contribution in [1.82, 2.24) is 4.57 Å². The molecule has 2 N–H and O–H groups in total. The van der Waals surface area contributed by atoms with Crippen LogP contribution in [-0.4, -0.2) is 4.57 Å². The third kappa shape index (κ3) is 1.09. The van der Waals surface area contributed by atoms with Crippen molar-refractivity contribution in [2.45, 2.75) is 6.67 Å². The van der Waals surface area contributed by atoms with Gasteiger partial charge in [-0.3, -0.25) is 0 Å². The highest BCUT2D eigenvalue weighted by molar-refractivity contribution is 6.07. The van der Waals surface area contributed by atoms with Gasteiger partial charge in [0.1, 0.15) is 0 Å². The Labute approximate surface area is 87.9 Å². The van der Waals surface area contributed by atoms with E-state index in [4.69, 9.17) is 5.73 Å². The minimum Gasteiger partial charge on any atom is -0.327 e. The van der Waals surface area contributed by atoms with E-state index in [1.165, 1.54) is 21.8 Å². The van der Waals surface area contributed by atoms with Crippen LogP contribution in [0.2, 0.25) is 0 Å². The van der Waals surface area contributed by atoms with Crippen molar-refractivity contribution in [3.05, 3.63) is 48.5 Å². The number of aromatic nitrogens is 1. The maximum Gasteiger partial charge on any atom is 0.0707 e. The number of fused-ring (bicyclic) bond motifs is 3. The number of benzene rings is 2. The average molecular weight is 196 g/mol. The first-order valence-electron chi connectivity index (χ1n) is 5.08. The molecule has 1 aromatic heterocycles. The highest BCUT2D eigenvalue weighted by Crippen LogP contribution is 2.27. The Hall–Kier alpha value is -1.80. The van der Waals surface area contributed by atoms with Gasteiger partial charge in [-0.2, -0.15) is 0 Å². The van der Waals surface area contributed by atoms with Crippen LogP contribution in [0.4, 0.5) is 0 Å². The van der Waals surface area contributed by atoms with Gasteiger partial charge in [0.2, 0.25) is 0 Å². The van der Waals surface area contributed by atoms with E-state index in [0.717, 1.165) is 0 Å². The van der Waals surface area contributed by atoms with Crippen LogP contribution in [0.5, 0.6) is 0 Å². The van der Waals surface area contributed by atoms with Crippen LogP contribution < -0.4 is 5.73 Å². The number of nitrogens with zero attached hydrogens (tertiary/aromatic N) is 1. The summed E-state index contributed by atoms with van der Waals surface area (Å²) in [6, 6.07) is 16.7. The molecule has 0 aliphatic rings. The van der Waals surface area contributed by atoms with Crippen molar-refractivity contribution < 1.29 is 0 Å². The first-order chi connectivity index (χ1) is 7.42. The van der Waals surface area contributed by atoms with Gasteiger partial charge in [0.15, 0.2) is 0 Å². The summed E-state index contributed by atoms with van der Waals surface area (Å²) in [5, 5.41) is 2.55. The van der Waals surface area contributed by atoms with Gasteiger partial charge in [-0.1, -0.05) is 36.4 Å². The fourth-order valence-electron chi connectivity index (χ4n) is 2.20. The Kier molecular flexibility index (Phi) is 1.76. The lowest BCUT2D eigenvalue weighted by molar-refractivity contribution is 0.791. The quantitative estimate of drug-likeness (QED) is 0.637.